The molecule has 0 bridgehead atoms. The average Bonchev–Trinajstić information content (AvgIpc) is 3.47. The van der Waals surface area contributed by atoms with Crippen molar-refractivity contribution >= 4 is 17.7 Å². The zero-order valence-electron chi connectivity index (χ0n) is 19.1. The highest BCUT2D eigenvalue weighted by Crippen LogP contribution is 2.27. The van der Waals surface area contributed by atoms with Gasteiger partial charge in [-0.25, -0.2) is 4.98 Å². The van der Waals surface area contributed by atoms with E-state index in [1.165, 1.54) is 23.6 Å². The number of nitrogens with zero attached hydrogens (tertiary/aromatic N) is 5. The molecule has 33 heavy (non-hydrogen) atoms. The number of oxazole rings is 1. The summed E-state index contributed by atoms with van der Waals surface area (Å²) in [6, 6.07) is 18.4. The smallest absolute Gasteiger partial charge is 0.275 e. The van der Waals surface area contributed by atoms with Crippen LogP contribution in [0, 0.1) is 6.92 Å². The lowest BCUT2D eigenvalue weighted by atomic mass is 10.1. The van der Waals surface area contributed by atoms with E-state index in [4.69, 9.17) is 4.42 Å². The molecule has 0 saturated carbocycles. The topological polar surface area (TPSA) is 77.0 Å². The van der Waals surface area contributed by atoms with Crippen LogP contribution in [-0.4, -0.2) is 43.6 Å². The molecular formula is C25H27N5O2S. The highest BCUT2D eigenvalue weighted by atomic mass is 32.2. The number of aryl methyl sites for hydroxylation is 1. The van der Waals surface area contributed by atoms with E-state index >= 15 is 0 Å². The number of thioether (sulfide) groups is 1. The minimum Gasteiger partial charge on any atom is -0.447 e. The summed E-state index contributed by atoms with van der Waals surface area (Å²) in [5.41, 5.74) is 3.68. The number of carbonyl (C=O) groups excluding carboxylic acids is 1. The molecule has 0 fully saturated rings. The van der Waals surface area contributed by atoms with Crippen LogP contribution in [0.25, 0.3) is 5.69 Å². The van der Waals surface area contributed by atoms with E-state index in [1.54, 1.807) is 4.90 Å². The number of benzene rings is 2. The van der Waals surface area contributed by atoms with E-state index in [0.29, 0.717) is 36.8 Å². The van der Waals surface area contributed by atoms with Crippen molar-refractivity contribution in [3.63, 3.8) is 0 Å². The molecule has 0 aliphatic carbocycles. The van der Waals surface area contributed by atoms with E-state index in [-0.39, 0.29) is 5.91 Å². The molecule has 0 aliphatic heterocycles. The van der Waals surface area contributed by atoms with Gasteiger partial charge in [-0.05, 0) is 38.0 Å². The Morgan fingerprint density at radius 3 is 2.48 bits per heavy atom. The normalized spacial score (nSPS) is 11.0. The number of carbonyl (C=O) groups is 1. The number of amides is 1. The molecule has 0 aliphatic rings. The fourth-order valence-corrected chi connectivity index (χ4v) is 4.43. The number of para-hydroxylation sites is 1. The maximum absolute atomic E-state index is 12.5. The Hall–Kier alpha value is -3.39. The minimum absolute atomic E-state index is 0.117. The lowest BCUT2D eigenvalue weighted by Gasteiger charge is -2.16. The highest BCUT2D eigenvalue weighted by Gasteiger charge is 2.20. The van der Waals surface area contributed by atoms with Crippen molar-refractivity contribution in [1.82, 2.24) is 24.6 Å². The molecule has 7 nitrogen and oxygen atoms in total. The van der Waals surface area contributed by atoms with Gasteiger partial charge in [0, 0.05) is 19.5 Å². The summed E-state index contributed by atoms with van der Waals surface area (Å²) in [6.45, 7) is 7.24. The van der Waals surface area contributed by atoms with Crippen molar-refractivity contribution in [2.45, 2.75) is 38.1 Å². The summed E-state index contributed by atoms with van der Waals surface area (Å²) in [5.74, 6) is 1.68. The van der Waals surface area contributed by atoms with Crippen LogP contribution in [0.15, 0.2) is 70.4 Å². The third-order valence-corrected chi connectivity index (χ3v) is 6.32. The largest absolute Gasteiger partial charge is 0.447 e. The molecule has 0 N–H and O–H groups in total. The van der Waals surface area contributed by atoms with E-state index < -0.39 is 0 Å². The Morgan fingerprint density at radius 2 is 1.76 bits per heavy atom. The van der Waals surface area contributed by atoms with Crippen LogP contribution in [0.5, 0.6) is 0 Å². The first-order valence-electron chi connectivity index (χ1n) is 11.0. The van der Waals surface area contributed by atoms with Gasteiger partial charge in [-0.2, -0.15) is 0 Å². The Labute approximate surface area is 197 Å². The van der Waals surface area contributed by atoms with Crippen molar-refractivity contribution in [2.24, 2.45) is 0 Å². The lowest BCUT2D eigenvalue weighted by Crippen LogP contribution is -2.30. The number of hydrogen-bond acceptors (Lipinski definition) is 6. The van der Waals surface area contributed by atoms with Gasteiger partial charge in [0.15, 0.2) is 10.9 Å². The Kier molecular flexibility index (Phi) is 7.24. The van der Waals surface area contributed by atoms with Crippen LogP contribution in [-0.2, 0) is 12.2 Å². The summed E-state index contributed by atoms with van der Waals surface area (Å²) in [4.78, 5) is 18.6. The molecule has 2 aromatic heterocycles. The van der Waals surface area contributed by atoms with Crippen molar-refractivity contribution < 1.29 is 9.21 Å². The van der Waals surface area contributed by atoms with Crippen LogP contribution in [0.2, 0.25) is 0 Å². The van der Waals surface area contributed by atoms with Crippen LogP contribution in [0.1, 0.15) is 47.2 Å². The maximum atomic E-state index is 12.5. The number of hydrogen-bond donors (Lipinski definition) is 0. The van der Waals surface area contributed by atoms with Crippen molar-refractivity contribution in [3.05, 3.63) is 89.4 Å². The third-order valence-electron chi connectivity index (χ3n) is 5.41. The van der Waals surface area contributed by atoms with Crippen molar-refractivity contribution in [2.75, 3.05) is 13.1 Å². The maximum Gasteiger partial charge on any atom is 0.275 e. The fourth-order valence-electron chi connectivity index (χ4n) is 3.62. The molecule has 0 spiro atoms. The summed E-state index contributed by atoms with van der Waals surface area (Å²) in [5, 5.41) is 9.73. The standard InChI is InChI=1S/C25H27N5O2S/c1-4-29(5-2)24(31)20-16-32-23(26-20)17-33-25-28-27-22(15-19-12-7-6-8-13-19)30(25)21-14-10-9-11-18(21)3/h6-14,16H,4-5,15,17H2,1-3H3. The van der Waals surface area contributed by atoms with E-state index in [0.717, 1.165) is 22.2 Å². The molecule has 0 unspecified atom stereocenters. The van der Waals surface area contributed by atoms with Gasteiger partial charge in [-0.3, -0.25) is 9.36 Å². The van der Waals surface area contributed by atoms with Gasteiger partial charge >= 0.3 is 0 Å². The summed E-state index contributed by atoms with van der Waals surface area (Å²) < 4.78 is 7.68. The monoisotopic (exact) mass is 461 g/mol. The Balaban J connectivity index is 1.58. The predicted octanol–water partition coefficient (Wildman–Crippen LogP) is 4.93. The summed E-state index contributed by atoms with van der Waals surface area (Å²) >= 11 is 1.49. The molecule has 0 saturated heterocycles. The van der Waals surface area contributed by atoms with Crippen molar-refractivity contribution in [3.8, 4) is 5.69 Å². The first-order chi connectivity index (χ1) is 16.1. The SMILES string of the molecule is CCN(CC)C(=O)c1coc(CSc2nnc(Cc3ccccc3)n2-c2ccccc2C)n1. The summed E-state index contributed by atoms with van der Waals surface area (Å²) in [7, 11) is 0. The lowest BCUT2D eigenvalue weighted by molar-refractivity contribution is 0.0767. The van der Waals surface area contributed by atoms with Gasteiger partial charge in [0.1, 0.15) is 12.1 Å². The van der Waals surface area contributed by atoms with Gasteiger partial charge < -0.3 is 9.32 Å². The third kappa shape index (κ3) is 5.17. The zero-order chi connectivity index (χ0) is 23.2. The van der Waals surface area contributed by atoms with Gasteiger partial charge in [0.25, 0.3) is 5.91 Å². The van der Waals surface area contributed by atoms with Gasteiger partial charge in [-0.15, -0.1) is 10.2 Å². The first kappa shape index (κ1) is 22.8. The Morgan fingerprint density at radius 1 is 1.03 bits per heavy atom. The van der Waals surface area contributed by atoms with E-state index in [2.05, 4.69) is 50.9 Å². The molecule has 170 valence electrons. The second-order valence-corrected chi connectivity index (χ2v) is 8.52. The minimum atomic E-state index is -0.117. The molecule has 8 heteroatoms. The van der Waals surface area contributed by atoms with Crippen molar-refractivity contribution in [1.29, 1.82) is 0 Å². The molecule has 0 atom stereocenters. The average molecular weight is 462 g/mol. The van der Waals surface area contributed by atoms with Crippen LogP contribution >= 0.6 is 11.8 Å². The zero-order valence-corrected chi connectivity index (χ0v) is 19.9. The molecular weight excluding hydrogens is 434 g/mol. The second kappa shape index (κ2) is 10.5. The summed E-state index contributed by atoms with van der Waals surface area (Å²) in [6.07, 6.45) is 2.10. The van der Waals surface area contributed by atoms with Crippen LogP contribution < -0.4 is 0 Å². The highest BCUT2D eigenvalue weighted by molar-refractivity contribution is 7.98. The van der Waals surface area contributed by atoms with E-state index in [1.807, 2.05) is 44.2 Å². The molecule has 2 aromatic carbocycles. The predicted molar refractivity (Wildman–Crippen MR) is 129 cm³/mol. The van der Waals surface area contributed by atoms with Crippen LogP contribution in [0.4, 0.5) is 0 Å². The quantitative estimate of drug-likeness (QED) is 0.329. The fraction of sp³-hybridized carbons (Fsp3) is 0.280. The number of rotatable bonds is 9. The van der Waals surface area contributed by atoms with Gasteiger partial charge in [0.2, 0.25) is 5.89 Å². The van der Waals surface area contributed by atoms with Crippen LogP contribution in [0.3, 0.4) is 0 Å². The first-order valence-corrected chi connectivity index (χ1v) is 12.0. The second-order valence-electron chi connectivity index (χ2n) is 7.58. The molecule has 1 amide bonds. The van der Waals surface area contributed by atoms with Gasteiger partial charge in [0.05, 0.1) is 11.4 Å². The molecule has 4 aromatic rings. The van der Waals surface area contributed by atoms with E-state index in [9.17, 15) is 4.79 Å². The molecule has 4 rings (SSSR count). The number of aromatic nitrogens is 4. The Bertz CT molecular complexity index is 1210. The van der Waals surface area contributed by atoms with Gasteiger partial charge in [-0.1, -0.05) is 60.3 Å². The molecule has 2 heterocycles. The molecule has 0 radical (unpaired) electrons.